The fourth-order valence-electron chi connectivity index (χ4n) is 3.95. The molecule has 1 fully saturated rings. The summed E-state index contributed by atoms with van der Waals surface area (Å²) in [6.45, 7) is 9.32. The fourth-order valence-corrected chi connectivity index (χ4v) is 3.95. The lowest BCUT2D eigenvalue weighted by molar-refractivity contribution is 0.147. The van der Waals surface area contributed by atoms with Crippen LogP contribution >= 0.6 is 0 Å². The Morgan fingerprint density at radius 1 is 1.00 bits per heavy atom. The van der Waals surface area contributed by atoms with Gasteiger partial charge in [0, 0.05) is 31.5 Å². The third-order valence-corrected chi connectivity index (χ3v) is 5.89. The maximum atomic E-state index is 13.6. The molecule has 0 amide bonds. The van der Waals surface area contributed by atoms with Crippen molar-refractivity contribution in [3.63, 3.8) is 0 Å². The van der Waals surface area contributed by atoms with Crippen LogP contribution in [0, 0.1) is 11.3 Å². The smallest absolute Gasteiger partial charge is 0.107 e. The molecule has 2 aromatic carbocycles. The number of nitriles is 1. The highest BCUT2D eigenvalue weighted by Gasteiger charge is 2.31. The van der Waals surface area contributed by atoms with Crippen LogP contribution in [0.3, 0.4) is 0 Å². The molecule has 0 bridgehead atoms. The summed E-state index contributed by atoms with van der Waals surface area (Å²) in [6.07, 6.45) is 3.32. The van der Waals surface area contributed by atoms with Gasteiger partial charge in [-0.2, -0.15) is 5.26 Å². The minimum atomic E-state index is -0.626. The Morgan fingerprint density at radius 3 is 2.10 bits per heavy atom. The predicted molar refractivity (Wildman–Crippen MR) is 120 cm³/mol. The van der Waals surface area contributed by atoms with E-state index >= 15 is 0 Å². The maximum absolute atomic E-state index is 13.6. The van der Waals surface area contributed by atoms with E-state index in [0.717, 1.165) is 32.2 Å². The zero-order chi connectivity index (χ0) is 21.2. The van der Waals surface area contributed by atoms with Crippen molar-refractivity contribution < 1.29 is 4.39 Å². The number of alkyl halides is 1. The molecule has 3 heteroatoms. The van der Waals surface area contributed by atoms with Crippen molar-refractivity contribution in [3.05, 3.63) is 71.3 Å². The summed E-state index contributed by atoms with van der Waals surface area (Å²) in [4.78, 5) is 2.58. The first-order chi connectivity index (χ1) is 14.0. The first-order valence-corrected chi connectivity index (χ1v) is 10.8. The number of aryl methyl sites for hydroxylation is 1. The van der Waals surface area contributed by atoms with Crippen molar-refractivity contribution in [2.75, 3.05) is 0 Å². The summed E-state index contributed by atoms with van der Waals surface area (Å²) in [5, 5.41) is 7.32. The molecular formula is C26H35FN2. The van der Waals surface area contributed by atoms with Crippen LogP contribution in [0.15, 0.2) is 54.6 Å². The molecule has 0 spiro atoms. The summed E-state index contributed by atoms with van der Waals surface area (Å²) < 4.78 is 13.6. The van der Waals surface area contributed by atoms with Crippen molar-refractivity contribution in [1.29, 1.82) is 5.26 Å². The Kier molecular flexibility index (Phi) is 9.35. The third kappa shape index (κ3) is 6.98. The highest BCUT2D eigenvalue weighted by Crippen LogP contribution is 2.39. The average molecular weight is 395 g/mol. The number of hydrogen-bond donors (Lipinski definition) is 0. The molecule has 1 aliphatic rings. The van der Waals surface area contributed by atoms with E-state index in [-0.39, 0.29) is 5.92 Å². The molecule has 3 unspecified atom stereocenters. The topological polar surface area (TPSA) is 27.0 Å². The molecule has 29 heavy (non-hydrogen) atoms. The van der Waals surface area contributed by atoms with E-state index in [1.807, 2.05) is 0 Å². The SMILES string of the molecule is CC#N.CC(C)N(Cc1ccccc1)C(C)CCc1ccc(C2CCC2F)cc1. The fraction of sp³-hybridized carbons (Fsp3) is 0.500. The van der Waals surface area contributed by atoms with Gasteiger partial charge in [0.05, 0.1) is 6.07 Å². The first kappa shape index (κ1) is 23.1. The Morgan fingerprint density at radius 2 is 1.62 bits per heavy atom. The van der Waals surface area contributed by atoms with E-state index in [0.29, 0.717) is 12.1 Å². The maximum Gasteiger partial charge on any atom is 0.107 e. The molecule has 0 N–H and O–H groups in total. The van der Waals surface area contributed by atoms with Crippen LogP contribution in [0.25, 0.3) is 0 Å². The van der Waals surface area contributed by atoms with Gasteiger partial charge in [0.15, 0.2) is 0 Å². The standard InChI is InChI=1S/C24H32FN.C2H3N/c1-18(2)26(17-21-7-5-4-6-8-21)19(3)9-10-20-11-13-22(14-12-20)23-15-16-24(23)25;1-2-3/h4-8,11-14,18-19,23-24H,9-10,15-17H2,1-3H3;1H3. The van der Waals surface area contributed by atoms with Crippen molar-refractivity contribution in [2.45, 2.75) is 84.1 Å². The molecule has 0 saturated heterocycles. The van der Waals surface area contributed by atoms with Gasteiger partial charge in [0.2, 0.25) is 0 Å². The summed E-state index contributed by atoms with van der Waals surface area (Å²) in [5.74, 6) is 0.144. The van der Waals surface area contributed by atoms with E-state index < -0.39 is 6.17 Å². The van der Waals surface area contributed by atoms with E-state index in [4.69, 9.17) is 5.26 Å². The Labute approximate surface area is 176 Å². The minimum Gasteiger partial charge on any atom is -0.294 e. The zero-order valence-electron chi connectivity index (χ0n) is 18.3. The lowest BCUT2D eigenvalue weighted by Gasteiger charge is -2.33. The average Bonchev–Trinajstić information content (AvgIpc) is 2.71. The molecule has 1 aliphatic carbocycles. The van der Waals surface area contributed by atoms with Gasteiger partial charge in [-0.25, -0.2) is 4.39 Å². The second-order valence-electron chi connectivity index (χ2n) is 8.30. The number of halogens is 1. The minimum absolute atomic E-state index is 0.144. The van der Waals surface area contributed by atoms with Crippen molar-refractivity contribution in [2.24, 2.45) is 0 Å². The van der Waals surface area contributed by atoms with Crippen molar-refractivity contribution in [1.82, 2.24) is 4.90 Å². The molecular weight excluding hydrogens is 359 g/mol. The molecule has 0 radical (unpaired) electrons. The molecule has 0 heterocycles. The van der Waals surface area contributed by atoms with Crippen LogP contribution < -0.4 is 0 Å². The molecule has 2 aromatic rings. The van der Waals surface area contributed by atoms with Crippen LogP contribution in [-0.4, -0.2) is 23.2 Å². The van der Waals surface area contributed by atoms with Gasteiger partial charge in [-0.1, -0.05) is 54.6 Å². The third-order valence-electron chi connectivity index (χ3n) is 5.89. The quantitative estimate of drug-likeness (QED) is 0.500. The second kappa shape index (κ2) is 11.7. The van der Waals surface area contributed by atoms with Gasteiger partial charge in [0.25, 0.3) is 0 Å². The summed E-state index contributed by atoms with van der Waals surface area (Å²) in [5.41, 5.74) is 3.91. The largest absolute Gasteiger partial charge is 0.294 e. The second-order valence-corrected chi connectivity index (χ2v) is 8.30. The Hall–Kier alpha value is -2.18. The van der Waals surface area contributed by atoms with Crippen LogP contribution in [0.2, 0.25) is 0 Å². The van der Waals surface area contributed by atoms with Gasteiger partial charge in [-0.05, 0) is 63.1 Å². The van der Waals surface area contributed by atoms with Gasteiger partial charge in [-0.15, -0.1) is 0 Å². The summed E-state index contributed by atoms with van der Waals surface area (Å²) >= 11 is 0. The Balaban J connectivity index is 0.000000941. The van der Waals surface area contributed by atoms with Crippen LogP contribution in [0.5, 0.6) is 0 Å². The van der Waals surface area contributed by atoms with E-state index in [1.54, 1.807) is 6.07 Å². The first-order valence-electron chi connectivity index (χ1n) is 10.8. The highest BCUT2D eigenvalue weighted by atomic mass is 19.1. The lowest BCUT2D eigenvalue weighted by Crippen LogP contribution is -2.38. The molecule has 156 valence electrons. The molecule has 0 aromatic heterocycles. The van der Waals surface area contributed by atoms with Crippen molar-refractivity contribution >= 4 is 0 Å². The van der Waals surface area contributed by atoms with Gasteiger partial charge in [0.1, 0.15) is 6.17 Å². The molecule has 2 nitrogen and oxygen atoms in total. The summed E-state index contributed by atoms with van der Waals surface area (Å²) in [6, 6.07) is 22.2. The normalized spacial score (nSPS) is 19.1. The van der Waals surface area contributed by atoms with Crippen LogP contribution in [-0.2, 0) is 13.0 Å². The Bertz CT molecular complexity index is 749. The van der Waals surface area contributed by atoms with E-state index in [1.165, 1.54) is 23.6 Å². The van der Waals surface area contributed by atoms with Gasteiger partial charge < -0.3 is 0 Å². The van der Waals surface area contributed by atoms with Crippen LogP contribution in [0.1, 0.15) is 69.6 Å². The van der Waals surface area contributed by atoms with Gasteiger partial charge >= 0.3 is 0 Å². The molecule has 3 atom stereocenters. The number of hydrogen-bond acceptors (Lipinski definition) is 2. The van der Waals surface area contributed by atoms with E-state index in [9.17, 15) is 4.39 Å². The molecule has 3 rings (SSSR count). The van der Waals surface area contributed by atoms with Crippen molar-refractivity contribution in [3.8, 4) is 6.07 Å². The van der Waals surface area contributed by atoms with Crippen LogP contribution in [0.4, 0.5) is 4.39 Å². The number of rotatable bonds is 8. The monoisotopic (exact) mass is 394 g/mol. The zero-order valence-corrected chi connectivity index (χ0v) is 18.3. The predicted octanol–water partition coefficient (Wildman–Crippen LogP) is 6.66. The summed E-state index contributed by atoms with van der Waals surface area (Å²) in [7, 11) is 0. The lowest BCUT2D eigenvalue weighted by atomic mass is 9.78. The number of benzene rings is 2. The molecule has 0 aliphatic heterocycles. The highest BCUT2D eigenvalue weighted by molar-refractivity contribution is 5.28. The van der Waals surface area contributed by atoms with Gasteiger partial charge in [-0.3, -0.25) is 4.90 Å². The molecule has 1 saturated carbocycles. The number of nitrogens with zero attached hydrogens (tertiary/aromatic N) is 2. The van der Waals surface area contributed by atoms with E-state index in [2.05, 4.69) is 80.3 Å².